The lowest BCUT2D eigenvalue weighted by Gasteiger charge is -2.13. The average Bonchev–Trinajstić information content (AvgIpc) is 2.16. The maximum absolute atomic E-state index is 12.2. The largest absolute Gasteiger partial charge is 0.305 e. The number of benzene rings is 1. The Balaban J connectivity index is 2.50. The van der Waals surface area contributed by atoms with Crippen LogP contribution in [0.5, 0.6) is 0 Å². The average molecular weight is 264 g/mol. The number of hydrogen-bond donors (Lipinski definition) is 1. The predicted molar refractivity (Wildman–Crippen MR) is 56.4 cm³/mol. The summed E-state index contributed by atoms with van der Waals surface area (Å²) in [6, 6.07) is 6.79. The molecule has 0 spiro atoms. The van der Waals surface area contributed by atoms with Gasteiger partial charge in [0.25, 0.3) is 6.43 Å². The molecule has 0 bridgehead atoms. The van der Waals surface area contributed by atoms with E-state index in [4.69, 9.17) is 0 Å². The van der Waals surface area contributed by atoms with Crippen molar-refractivity contribution in [2.45, 2.75) is 25.9 Å². The van der Waals surface area contributed by atoms with E-state index in [-0.39, 0.29) is 0 Å². The van der Waals surface area contributed by atoms with Gasteiger partial charge in [0.15, 0.2) is 0 Å². The van der Waals surface area contributed by atoms with Crippen molar-refractivity contribution in [1.82, 2.24) is 5.32 Å². The van der Waals surface area contributed by atoms with Crippen LogP contribution in [0.25, 0.3) is 0 Å². The SMILES string of the molecule is CC(NCc1ccccc1Br)C(F)F. The Labute approximate surface area is 90.6 Å². The highest BCUT2D eigenvalue weighted by atomic mass is 79.9. The molecular formula is C10H12BrF2N. The molecule has 1 N–H and O–H groups in total. The summed E-state index contributed by atoms with van der Waals surface area (Å²) in [6.07, 6.45) is -2.32. The van der Waals surface area contributed by atoms with Crippen molar-refractivity contribution >= 4 is 15.9 Å². The molecule has 0 amide bonds. The summed E-state index contributed by atoms with van der Waals surface area (Å²) in [6.45, 7) is 1.93. The van der Waals surface area contributed by atoms with Gasteiger partial charge in [-0.05, 0) is 18.6 Å². The van der Waals surface area contributed by atoms with Crippen molar-refractivity contribution in [2.75, 3.05) is 0 Å². The van der Waals surface area contributed by atoms with E-state index in [1.807, 2.05) is 24.3 Å². The standard InChI is InChI=1S/C10H12BrF2N/c1-7(10(12)13)14-6-8-4-2-3-5-9(8)11/h2-5,7,10,14H,6H2,1H3. The number of alkyl halides is 2. The Hall–Kier alpha value is -0.480. The molecule has 1 rings (SSSR count). The molecule has 0 aliphatic rings. The normalized spacial score (nSPS) is 13.2. The van der Waals surface area contributed by atoms with Gasteiger partial charge >= 0.3 is 0 Å². The van der Waals surface area contributed by atoms with Crippen LogP contribution < -0.4 is 5.32 Å². The zero-order chi connectivity index (χ0) is 10.6. The van der Waals surface area contributed by atoms with Crippen molar-refractivity contribution < 1.29 is 8.78 Å². The smallest absolute Gasteiger partial charge is 0.253 e. The van der Waals surface area contributed by atoms with Gasteiger partial charge in [-0.1, -0.05) is 34.1 Å². The maximum Gasteiger partial charge on any atom is 0.253 e. The zero-order valence-electron chi connectivity index (χ0n) is 7.81. The fourth-order valence-corrected chi connectivity index (χ4v) is 1.43. The second-order valence-electron chi connectivity index (χ2n) is 3.10. The minimum Gasteiger partial charge on any atom is -0.305 e. The lowest BCUT2D eigenvalue weighted by atomic mass is 10.2. The van der Waals surface area contributed by atoms with Crippen LogP contribution in [0.4, 0.5) is 8.78 Å². The van der Waals surface area contributed by atoms with Crippen LogP contribution in [0.2, 0.25) is 0 Å². The Morgan fingerprint density at radius 3 is 2.57 bits per heavy atom. The monoisotopic (exact) mass is 263 g/mol. The lowest BCUT2D eigenvalue weighted by molar-refractivity contribution is 0.105. The van der Waals surface area contributed by atoms with Crippen molar-refractivity contribution in [3.05, 3.63) is 34.3 Å². The van der Waals surface area contributed by atoms with Crippen molar-refractivity contribution in [3.8, 4) is 0 Å². The molecule has 0 radical (unpaired) electrons. The molecule has 1 aromatic rings. The Kier molecular flexibility index (Phi) is 4.48. The fraction of sp³-hybridized carbons (Fsp3) is 0.400. The summed E-state index contributed by atoms with van der Waals surface area (Å²) in [5.41, 5.74) is 0.986. The molecule has 1 aromatic carbocycles. The first kappa shape index (κ1) is 11.6. The summed E-state index contributed by atoms with van der Waals surface area (Å²) in [4.78, 5) is 0. The Morgan fingerprint density at radius 1 is 1.36 bits per heavy atom. The van der Waals surface area contributed by atoms with Crippen LogP contribution in [-0.2, 0) is 6.54 Å². The van der Waals surface area contributed by atoms with E-state index >= 15 is 0 Å². The van der Waals surface area contributed by atoms with Gasteiger partial charge in [0, 0.05) is 11.0 Å². The van der Waals surface area contributed by atoms with Gasteiger partial charge in [-0.25, -0.2) is 8.78 Å². The van der Waals surface area contributed by atoms with E-state index in [2.05, 4.69) is 21.2 Å². The van der Waals surface area contributed by atoms with E-state index in [1.165, 1.54) is 6.92 Å². The minimum atomic E-state index is -2.32. The first-order valence-corrected chi connectivity index (χ1v) is 5.15. The number of halogens is 3. The summed E-state index contributed by atoms with van der Waals surface area (Å²) >= 11 is 3.36. The van der Waals surface area contributed by atoms with Crippen LogP contribution in [0, 0.1) is 0 Å². The molecule has 14 heavy (non-hydrogen) atoms. The molecule has 1 atom stereocenters. The van der Waals surface area contributed by atoms with Gasteiger partial charge in [-0.15, -0.1) is 0 Å². The molecule has 0 aliphatic heterocycles. The predicted octanol–water partition coefficient (Wildman–Crippen LogP) is 3.19. The van der Waals surface area contributed by atoms with Gasteiger partial charge in [0.05, 0.1) is 6.04 Å². The molecule has 1 nitrogen and oxygen atoms in total. The van der Waals surface area contributed by atoms with Gasteiger partial charge in [-0.3, -0.25) is 0 Å². The number of rotatable bonds is 4. The van der Waals surface area contributed by atoms with Crippen LogP contribution in [0.3, 0.4) is 0 Å². The molecule has 4 heteroatoms. The third-order valence-corrected chi connectivity index (χ3v) is 2.72. The van der Waals surface area contributed by atoms with Gasteiger partial charge in [-0.2, -0.15) is 0 Å². The van der Waals surface area contributed by atoms with Crippen molar-refractivity contribution in [1.29, 1.82) is 0 Å². The molecule has 0 aliphatic carbocycles. The van der Waals surface area contributed by atoms with E-state index in [0.717, 1.165) is 10.0 Å². The Bertz CT molecular complexity index is 291. The molecule has 0 heterocycles. The second-order valence-corrected chi connectivity index (χ2v) is 3.95. The van der Waals surface area contributed by atoms with Crippen molar-refractivity contribution in [2.24, 2.45) is 0 Å². The van der Waals surface area contributed by atoms with Gasteiger partial charge in [0.1, 0.15) is 0 Å². The maximum atomic E-state index is 12.2. The molecule has 1 unspecified atom stereocenters. The summed E-state index contributed by atoms with van der Waals surface area (Å²) < 4.78 is 25.3. The highest BCUT2D eigenvalue weighted by molar-refractivity contribution is 9.10. The topological polar surface area (TPSA) is 12.0 Å². The molecule has 0 aromatic heterocycles. The summed E-state index contributed by atoms with van der Waals surface area (Å²) in [7, 11) is 0. The second kappa shape index (κ2) is 5.41. The number of hydrogen-bond acceptors (Lipinski definition) is 1. The molecule has 0 saturated heterocycles. The van der Waals surface area contributed by atoms with Crippen LogP contribution in [0.1, 0.15) is 12.5 Å². The highest BCUT2D eigenvalue weighted by Gasteiger charge is 2.13. The van der Waals surface area contributed by atoms with Crippen molar-refractivity contribution in [3.63, 3.8) is 0 Å². The number of nitrogens with one attached hydrogen (secondary N) is 1. The van der Waals surface area contributed by atoms with Crippen LogP contribution >= 0.6 is 15.9 Å². The lowest BCUT2D eigenvalue weighted by Crippen LogP contribution is -2.32. The van der Waals surface area contributed by atoms with Crippen LogP contribution in [-0.4, -0.2) is 12.5 Å². The summed E-state index contributed by atoms with van der Waals surface area (Å²) in [5, 5.41) is 2.76. The molecular weight excluding hydrogens is 252 g/mol. The third-order valence-electron chi connectivity index (χ3n) is 1.95. The van der Waals surface area contributed by atoms with Crippen LogP contribution in [0.15, 0.2) is 28.7 Å². The summed E-state index contributed by atoms with van der Waals surface area (Å²) in [5.74, 6) is 0. The van der Waals surface area contributed by atoms with Gasteiger partial charge in [0.2, 0.25) is 0 Å². The van der Waals surface area contributed by atoms with E-state index < -0.39 is 12.5 Å². The van der Waals surface area contributed by atoms with Gasteiger partial charge < -0.3 is 5.32 Å². The first-order chi connectivity index (χ1) is 6.61. The Morgan fingerprint density at radius 2 is 2.00 bits per heavy atom. The minimum absolute atomic E-state index is 0.451. The molecule has 0 fully saturated rings. The molecule has 0 saturated carbocycles. The van der Waals surface area contributed by atoms with E-state index in [0.29, 0.717) is 6.54 Å². The quantitative estimate of drug-likeness (QED) is 0.880. The zero-order valence-corrected chi connectivity index (χ0v) is 9.39. The van der Waals surface area contributed by atoms with E-state index in [9.17, 15) is 8.78 Å². The van der Waals surface area contributed by atoms with E-state index in [1.54, 1.807) is 0 Å². The first-order valence-electron chi connectivity index (χ1n) is 4.36. The molecule has 78 valence electrons. The highest BCUT2D eigenvalue weighted by Crippen LogP contribution is 2.15. The third kappa shape index (κ3) is 3.35. The fourth-order valence-electron chi connectivity index (χ4n) is 1.00.